The van der Waals surface area contributed by atoms with Crippen LogP contribution in [0.1, 0.15) is 20.3 Å². The van der Waals surface area contributed by atoms with Gasteiger partial charge in [0.1, 0.15) is 12.1 Å². The van der Waals surface area contributed by atoms with E-state index < -0.39 is 5.82 Å². The molecular weight excluding hydrogens is 299 g/mol. The second-order valence-corrected chi connectivity index (χ2v) is 5.99. The highest BCUT2D eigenvalue weighted by Gasteiger charge is 2.36. The minimum Gasteiger partial charge on any atom is -0.377 e. The van der Waals surface area contributed by atoms with Crippen molar-refractivity contribution >= 4 is 11.6 Å². The molecule has 1 aliphatic rings. The molecule has 1 aliphatic heterocycles. The number of halogens is 1. The van der Waals surface area contributed by atoms with Crippen molar-refractivity contribution < 1.29 is 13.9 Å². The van der Waals surface area contributed by atoms with Crippen LogP contribution < -0.4 is 5.32 Å². The van der Waals surface area contributed by atoms with Gasteiger partial charge in [-0.3, -0.25) is 9.89 Å². The summed E-state index contributed by atoms with van der Waals surface area (Å²) in [5.41, 5.74) is 0.792. The molecule has 0 saturated carbocycles. The summed E-state index contributed by atoms with van der Waals surface area (Å²) in [6.07, 6.45) is 1.93. The smallest absolute Gasteiger partial charge is 0.230 e. The molecule has 1 fully saturated rings. The van der Waals surface area contributed by atoms with Crippen molar-refractivity contribution in [3.05, 3.63) is 30.3 Å². The maximum Gasteiger partial charge on any atom is 0.230 e. The number of nitrogens with one attached hydrogen (secondary N) is 2. The van der Waals surface area contributed by atoms with Crippen molar-refractivity contribution in [1.29, 1.82) is 0 Å². The Kier molecular flexibility index (Phi) is 4.38. The lowest BCUT2D eigenvalue weighted by atomic mass is 9.92. The van der Waals surface area contributed by atoms with Crippen LogP contribution in [0.25, 0.3) is 11.4 Å². The SMILES string of the molecule is CC(C)[C@H]1OCC[C@@H]1C(=O)Nc1ccc(F)c(-c2ncn[nH]2)c1. The van der Waals surface area contributed by atoms with E-state index >= 15 is 0 Å². The number of aromatic amines is 1. The summed E-state index contributed by atoms with van der Waals surface area (Å²) < 4.78 is 19.6. The molecule has 122 valence electrons. The van der Waals surface area contributed by atoms with Gasteiger partial charge in [-0.25, -0.2) is 9.37 Å². The molecule has 1 saturated heterocycles. The Labute approximate surface area is 133 Å². The number of carbonyl (C=O) groups is 1. The fourth-order valence-corrected chi connectivity index (χ4v) is 2.90. The van der Waals surface area contributed by atoms with Crippen LogP contribution in [0, 0.1) is 17.7 Å². The molecule has 0 unspecified atom stereocenters. The lowest BCUT2D eigenvalue weighted by Gasteiger charge is -2.21. The van der Waals surface area contributed by atoms with Crippen molar-refractivity contribution in [2.24, 2.45) is 11.8 Å². The lowest BCUT2D eigenvalue weighted by Crippen LogP contribution is -2.32. The molecule has 0 spiro atoms. The number of benzene rings is 1. The first kappa shape index (κ1) is 15.6. The van der Waals surface area contributed by atoms with E-state index in [1.807, 2.05) is 13.8 Å². The Morgan fingerprint density at radius 1 is 1.48 bits per heavy atom. The van der Waals surface area contributed by atoms with Gasteiger partial charge in [-0.15, -0.1) is 0 Å². The fourth-order valence-electron chi connectivity index (χ4n) is 2.90. The molecule has 1 aromatic heterocycles. The largest absolute Gasteiger partial charge is 0.377 e. The molecule has 2 atom stereocenters. The maximum absolute atomic E-state index is 13.9. The standard InChI is InChI=1S/C16H19FN4O2/c1-9(2)14-11(5-6-23-14)16(22)20-10-3-4-13(17)12(7-10)15-18-8-19-21-15/h3-4,7-9,11,14H,5-6H2,1-2H3,(H,20,22)(H,18,19,21)/t11-,14+/m0/s1. The minimum absolute atomic E-state index is 0.0795. The Morgan fingerprint density at radius 3 is 3.00 bits per heavy atom. The van der Waals surface area contributed by atoms with Crippen molar-refractivity contribution in [2.45, 2.75) is 26.4 Å². The number of hydrogen-bond donors (Lipinski definition) is 2. The number of H-pyrrole nitrogens is 1. The number of carbonyl (C=O) groups excluding carboxylic acids is 1. The number of rotatable bonds is 4. The number of amides is 1. The van der Waals surface area contributed by atoms with E-state index in [4.69, 9.17) is 4.74 Å². The second kappa shape index (κ2) is 6.45. The molecule has 7 heteroatoms. The van der Waals surface area contributed by atoms with Gasteiger partial charge in [0.15, 0.2) is 5.82 Å². The summed E-state index contributed by atoms with van der Waals surface area (Å²) in [6, 6.07) is 4.39. The average molecular weight is 318 g/mol. The third-order valence-electron chi connectivity index (χ3n) is 4.03. The zero-order valence-corrected chi connectivity index (χ0v) is 13.0. The molecule has 0 bridgehead atoms. The molecule has 3 rings (SSSR count). The third kappa shape index (κ3) is 3.24. The van der Waals surface area contributed by atoms with Crippen LogP contribution >= 0.6 is 0 Å². The molecule has 6 nitrogen and oxygen atoms in total. The second-order valence-electron chi connectivity index (χ2n) is 5.99. The van der Waals surface area contributed by atoms with E-state index in [2.05, 4.69) is 20.5 Å². The minimum atomic E-state index is -0.427. The van der Waals surface area contributed by atoms with E-state index in [0.717, 1.165) is 0 Å². The van der Waals surface area contributed by atoms with Crippen LogP contribution in [-0.2, 0) is 9.53 Å². The number of ether oxygens (including phenoxy) is 1. The quantitative estimate of drug-likeness (QED) is 0.908. The molecule has 2 aromatic rings. The van der Waals surface area contributed by atoms with Crippen LogP contribution in [0.15, 0.2) is 24.5 Å². The topological polar surface area (TPSA) is 79.9 Å². The summed E-state index contributed by atoms with van der Waals surface area (Å²) in [5, 5.41) is 9.18. The molecule has 1 aromatic carbocycles. The summed E-state index contributed by atoms with van der Waals surface area (Å²) in [6.45, 7) is 4.67. The number of anilines is 1. The van der Waals surface area contributed by atoms with Gasteiger partial charge in [0.05, 0.1) is 17.6 Å². The van der Waals surface area contributed by atoms with E-state index in [-0.39, 0.29) is 29.4 Å². The van der Waals surface area contributed by atoms with Gasteiger partial charge in [-0.05, 0) is 30.5 Å². The first-order chi connectivity index (χ1) is 11.1. The Morgan fingerprint density at radius 2 is 2.30 bits per heavy atom. The predicted octanol–water partition coefficient (Wildman–Crippen LogP) is 2.61. The molecule has 2 N–H and O–H groups in total. The first-order valence-electron chi connectivity index (χ1n) is 7.64. The van der Waals surface area contributed by atoms with Crippen molar-refractivity contribution in [3.63, 3.8) is 0 Å². The summed E-state index contributed by atoms with van der Waals surface area (Å²) in [7, 11) is 0. The van der Waals surface area contributed by atoms with E-state index in [0.29, 0.717) is 24.5 Å². The number of aromatic nitrogens is 3. The van der Waals surface area contributed by atoms with E-state index in [9.17, 15) is 9.18 Å². The van der Waals surface area contributed by atoms with Crippen LogP contribution in [0.4, 0.5) is 10.1 Å². The van der Waals surface area contributed by atoms with Gasteiger partial charge in [0, 0.05) is 12.3 Å². The maximum atomic E-state index is 13.9. The fraction of sp³-hybridized carbons (Fsp3) is 0.438. The highest BCUT2D eigenvalue weighted by atomic mass is 19.1. The number of hydrogen-bond acceptors (Lipinski definition) is 4. The molecular formula is C16H19FN4O2. The van der Waals surface area contributed by atoms with E-state index in [1.54, 1.807) is 6.07 Å². The Balaban J connectivity index is 1.78. The molecule has 2 heterocycles. The monoisotopic (exact) mass is 318 g/mol. The van der Waals surface area contributed by atoms with Gasteiger partial charge in [0.2, 0.25) is 5.91 Å². The first-order valence-corrected chi connectivity index (χ1v) is 7.64. The Hall–Kier alpha value is -2.28. The Bertz CT molecular complexity index is 687. The van der Waals surface area contributed by atoms with Gasteiger partial charge in [-0.1, -0.05) is 13.8 Å². The van der Waals surface area contributed by atoms with Crippen molar-refractivity contribution in [3.8, 4) is 11.4 Å². The zero-order chi connectivity index (χ0) is 16.4. The van der Waals surface area contributed by atoms with Crippen LogP contribution in [-0.4, -0.2) is 33.8 Å². The van der Waals surface area contributed by atoms with Gasteiger partial charge in [0.25, 0.3) is 0 Å². The van der Waals surface area contributed by atoms with Crippen molar-refractivity contribution in [1.82, 2.24) is 15.2 Å². The average Bonchev–Trinajstić information content (AvgIpc) is 3.20. The predicted molar refractivity (Wildman–Crippen MR) is 83.1 cm³/mol. The molecule has 0 aliphatic carbocycles. The van der Waals surface area contributed by atoms with E-state index in [1.165, 1.54) is 18.5 Å². The van der Waals surface area contributed by atoms with Crippen LogP contribution in [0.5, 0.6) is 0 Å². The van der Waals surface area contributed by atoms with Gasteiger partial charge >= 0.3 is 0 Å². The number of nitrogens with zero attached hydrogens (tertiary/aromatic N) is 2. The van der Waals surface area contributed by atoms with Crippen LogP contribution in [0.2, 0.25) is 0 Å². The molecule has 23 heavy (non-hydrogen) atoms. The highest BCUT2D eigenvalue weighted by molar-refractivity contribution is 5.93. The highest BCUT2D eigenvalue weighted by Crippen LogP contribution is 2.29. The zero-order valence-electron chi connectivity index (χ0n) is 13.0. The summed E-state index contributed by atoms with van der Waals surface area (Å²) >= 11 is 0. The molecule has 0 radical (unpaired) electrons. The lowest BCUT2D eigenvalue weighted by molar-refractivity contribution is -0.122. The normalized spacial score (nSPS) is 20.9. The third-order valence-corrected chi connectivity index (χ3v) is 4.03. The summed E-state index contributed by atoms with van der Waals surface area (Å²) in [4.78, 5) is 16.4. The van der Waals surface area contributed by atoms with Gasteiger partial charge < -0.3 is 10.1 Å². The van der Waals surface area contributed by atoms with Gasteiger partial charge in [-0.2, -0.15) is 5.10 Å². The van der Waals surface area contributed by atoms with Crippen LogP contribution in [0.3, 0.4) is 0 Å². The molecule has 1 amide bonds. The van der Waals surface area contributed by atoms with Crippen molar-refractivity contribution in [2.75, 3.05) is 11.9 Å². The summed E-state index contributed by atoms with van der Waals surface area (Å²) in [5.74, 6) is -0.122.